The van der Waals surface area contributed by atoms with Gasteiger partial charge in [-0.1, -0.05) is 13.0 Å². The van der Waals surface area contributed by atoms with Gasteiger partial charge in [0.15, 0.2) is 5.96 Å². The number of carbonyl (C=O) groups is 1. The summed E-state index contributed by atoms with van der Waals surface area (Å²) in [5, 5.41) is 6.53. The largest absolute Gasteiger partial charge is 0.352 e. The predicted octanol–water partition coefficient (Wildman–Crippen LogP) is 1.69. The van der Waals surface area contributed by atoms with Crippen LogP contribution in [0.4, 0.5) is 4.39 Å². The Morgan fingerprint density at radius 1 is 1.44 bits per heavy atom. The Morgan fingerprint density at radius 3 is 2.96 bits per heavy atom. The number of rotatable bonds is 5. The van der Waals surface area contributed by atoms with Gasteiger partial charge in [-0.25, -0.2) is 9.37 Å². The van der Waals surface area contributed by atoms with Crippen molar-refractivity contribution in [3.05, 3.63) is 48.3 Å². The molecule has 0 aliphatic carbocycles. The molecule has 1 saturated heterocycles. The summed E-state index contributed by atoms with van der Waals surface area (Å²) in [6, 6.07) is 5.28. The Bertz CT molecular complexity index is 805. The van der Waals surface area contributed by atoms with Crippen molar-refractivity contribution in [2.45, 2.75) is 32.4 Å². The van der Waals surface area contributed by atoms with E-state index >= 15 is 0 Å². The van der Waals surface area contributed by atoms with Gasteiger partial charge in [-0.15, -0.1) is 0 Å². The molecule has 2 N–H and O–H groups in total. The van der Waals surface area contributed by atoms with E-state index in [9.17, 15) is 9.18 Å². The summed E-state index contributed by atoms with van der Waals surface area (Å²) in [6.45, 7) is 3.77. The van der Waals surface area contributed by atoms with Crippen molar-refractivity contribution in [3.8, 4) is 5.69 Å². The molecule has 1 aliphatic heterocycles. The highest BCUT2D eigenvalue weighted by molar-refractivity contribution is 5.80. The van der Waals surface area contributed by atoms with E-state index in [1.807, 2.05) is 17.9 Å². The number of likely N-dealkylation sites (tertiary alicyclic amines) is 1. The standard InChI is InChI=1S/C19H25FN6O/c1-3-18(27)25-8-6-15(12-25)24-19(21-2)23-11-14-4-5-17(16(20)10-14)26-9-7-22-13-26/h4-5,7,9-10,13,15H,3,6,8,11-12H2,1-2H3,(H2,21,23,24). The lowest BCUT2D eigenvalue weighted by Gasteiger charge is -2.19. The Labute approximate surface area is 158 Å². The number of amides is 1. The summed E-state index contributed by atoms with van der Waals surface area (Å²) < 4.78 is 16.0. The number of benzene rings is 1. The second-order valence-corrected chi connectivity index (χ2v) is 6.50. The molecule has 1 aromatic heterocycles. The lowest BCUT2D eigenvalue weighted by Crippen LogP contribution is -2.44. The smallest absolute Gasteiger partial charge is 0.222 e. The van der Waals surface area contributed by atoms with Gasteiger partial charge in [-0.05, 0) is 24.1 Å². The number of imidazole rings is 1. The fourth-order valence-electron chi connectivity index (χ4n) is 3.17. The number of nitrogens with zero attached hydrogens (tertiary/aromatic N) is 4. The summed E-state index contributed by atoms with van der Waals surface area (Å²) in [5.41, 5.74) is 1.28. The molecule has 0 bridgehead atoms. The third kappa shape index (κ3) is 4.64. The molecule has 1 amide bonds. The van der Waals surface area contributed by atoms with Crippen molar-refractivity contribution in [1.82, 2.24) is 25.1 Å². The molecule has 7 nitrogen and oxygen atoms in total. The first-order valence-electron chi connectivity index (χ1n) is 9.12. The van der Waals surface area contributed by atoms with Crippen LogP contribution in [0.2, 0.25) is 0 Å². The summed E-state index contributed by atoms with van der Waals surface area (Å²) in [5.74, 6) is 0.514. The molecule has 27 heavy (non-hydrogen) atoms. The first-order valence-corrected chi connectivity index (χ1v) is 9.12. The van der Waals surface area contributed by atoms with Gasteiger partial charge in [-0.2, -0.15) is 0 Å². The summed E-state index contributed by atoms with van der Waals surface area (Å²) in [6.07, 6.45) is 6.30. The van der Waals surface area contributed by atoms with Crippen molar-refractivity contribution < 1.29 is 9.18 Å². The number of nitrogens with one attached hydrogen (secondary N) is 2. The topological polar surface area (TPSA) is 74.6 Å². The Kier molecular flexibility index (Phi) is 6.05. The van der Waals surface area contributed by atoms with Gasteiger partial charge in [-0.3, -0.25) is 9.79 Å². The van der Waals surface area contributed by atoms with E-state index in [2.05, 4.69) is 20.6 Å². The number of hydrogen-bond acceptors (Lipinski definition) is 3. The van der Waals surface area contributed by atoms with Gasteiger partial charge >= 0.3 is 0 Å². The second kappa shape index (κ2) is 8.66. The molecule has 1 unspecified atom stereocenters. The molecule has 1 aromatic carbocycles. The van der Waals surface area contributed by atoms with Crippen molar-refractivity contribution in [1.29, 1.82) is 0 Å². The fourth-order valence-corrected chi connectivity index (χ4v) is 3.17. The monoisotopic (exact) mass is 372 g/mol. The zero-order valence-corrected chi connectivity index (χ0v) is 15.7. The maximum absolute atomic E-state index is 14.3. The number of hydrogen-bond donors (Lipinski definition) is 2. The number of guanidine groups is 1. The Morgan fingerprint density at radius 2 is 2.30 bits per heavy atom. The van der Waals surface area contributed by atoms with Crippen LogP contribution in [-0.2, 0) is 11.3 Å². The molecule has 0 radical (unpaired) electrons. The molecule has 1 aliphatic rings. The molecule has 1 atom stereocenters. The van der Waals surface area contributed by atoms with E-state index in [0.717, 1.165) is 18.5 Å². The quantitative estimate of drug-likeness (QED) is 0.619. The molecule has 2 aromatic rings. The molecule has 8 heteroatoms. The lowest BCUT2D eigenvalue weighted by molar-refractivity contribution is -0.129. The highest BCUT2D eigenvalue weighted by Crippen LogP contribution is 2.15. The van der Waals surface area contributed by atoms with Crippen LogP contribution >= 0.6 is 0 Å². The predicted molar refractivity (Wildman–Crippen MR) is 102 cm³/mol. The summed E-state index contributed by atoms with van der Waals surface area (Å²) in [7, 11) is 1.70. The van der Waals surface area contributed by atoms with E-state index in [1.165, 1.54) is 6.07 Å². The van der Waals surface area contributed by atoms with Crippen LogP contribution in [0.25, 0.3) is 5.69 Å². The van der Waals surface area contributed by atoms with Gasteiger partial charge in [0.1, 0.15) is 5.82 Å². The molecular weight excluding hydrogens is 347 g/mol. The highest BCUT2D eigenvalue weighted by Gasteiger charge is 2.25. The van der Waals surface area contributed by atoms with Crippen LogP contribution in [0, 0.1) is 5.82 Å². The van der Waals surface area contributed by atoms with E-state index in [0.29, 0.717) is 31.2 Å². The first-order chi connectivity index (χ1) is 13.1. The van der Waals surface area contributed by atoms with Gasteiger partial charge in [0, 0.05) is 51.5 Å². The van der Waals surface area contributed by atoms with Crippen molar-refractivity contribution >= 4 is 11.9 Å². The summed E-state index contributed by atoms with van der Waals surface area (Å²) in [4.78, 5) is 21.8. The fraction of sp³-hybridized carbons (Fsp3) is 0.421. The zero-order chi connectivity index (χ0) is 19.2. The molecule has 2 heterocycles. The number of halogens is 1. The van der Waals surface area contributed by atoms with Gasteiger partial charge in [0.05, 0.1) is 12.0 Å². The van der Waals surface area contributed by atoms with E-state index in [-0.39, 0.29) is 17.8 Å². The molecule has 1 fully saturated rings. The van der Waals surface area contributed by atoms with Crippen LogP contribution in [0.5, 0.6) is 0 Å². The van der Waals surface area contributed by atoms with Crippen LogP contribution in [-0.4, -0.2) is 52.5 Å². The molecule has 144 valence electrons. The second-order valence-electron chi connectivity index (χ2n) is 6.50. The van der Waals surface area contributed by atoms with Crippen molar-refractivity contribution in [3.63, 3.8) is 0 Å². The normalized spacial score (nSPS) is 17.2. The maximum atomic E-state index is 14.3. The van der Waals surface area contributed by atoms with Crippen LogP contribution in [0.15, 0.2) is 41.9 Å². The third-order valence-corrected chi connectivity index (χ3v) is 4.66. The summed E-state index contributed by atoms with van der Waals surface area (Å²) >= 11 is 0. The highest BCUT2D eigenvalue weighted by atomic mass is 19.1. The Balaban J connectivity index is 1.54. The van der Waals surface area contributed by atoms with Gasteiger partial charge in [0.2, 0.25) is 5.91 Å². The number of aliphatic imine (C=N–C) groups is 1. The lowest BCUT2D eigenvalue weighted by atomic mass is 10.2. The van der Waals surface area contributed by atoms with Crippen LogP contribution < -0.4 is 10.6 Å². The third-order valence-electron chi connectivity index (χ3n) is 4.66. The van der Waals surface area contributed by atoms with E-state index in [4.69, 9.17) is 0 Å². The van der Waals surface area contributed by atoms with Gasteiger partial charge < -0.3 is 20.1 Å². The minimum absolute atomic E-state index is 0.173. The molecule has 0 spiro atoms. The maximum Gasteiger partial charge on any atom is 0.222 e. The Hall–Kier alpha value is -2.90. The SMILES string of the molecule is CCC(=O)N1CCC(NC(=NC)NCc2ccc(-n3ccnc3)c(F)c2)C1. The van der Waals surface area contributed by atoms with Crippen molar-refractivity contribution in [2.75, 3.05) is 20.1 Å². The number of aromatic nitrogens is 2. The first kappa shape index (κ1) is 18.9. The average Bonchev–Trinajstić information content (AvgIpc) is 3.36. The van der Waals surface area contributed by atoms with Crippen LogP contribution in [0.1, 0.15) is 25.3 Å². The minimum atomic E-state index is -0.306. The molecule has 3 rings (SSSR count). The van der Waals surface area contributed by atoms with Gasteiger partial charge in [0.25, 0.3) is 0 Å². The minimum Gasteiger partial charge on any atom is -0.352 e. The van der Waals surface area contributed by atoms with E-state index in [1.54, 1.807) is 36.4 Å². The zero-order valence-electron chi connectivity index (χ0n) is 15.7. The molecular formula is C19H25FN6O. The molecule has 0 saturated carbocycles. The van der Waals surface area contributed by atoms with E-state index < -0.39 is 0 Å². The van der Waals surface area contributed by atoms with Crippen LogP contribution in [0.3, 0.4) is 0 Å². The van der Waals surface area contributed by atoms with Crippen molar-refractivity contribution in [2.24, 2.45) is 4.99 Å². The average molecular weight is 372 g/mol. The number of carbonyl (C=O) groups excluding carboxylic acids is 1.